The summed E-state index contributed by atoms with van der Waals surface area (Å²) in [5.41, 5.74) is 1.72. The summed E-state index contributed by atoms with van der Waals surface area (Å²) in [4.78, 5) is 22.8. The Kier molecular flexibility index (Phi) is 6.48. The molecule has 0 aromatic heterocycles. The van der Waals surface area contributed by atoms with Gasteiger partial charge in [-0.05, 0) is 37.1 Å². The lowest BCUT2D eigenvalue weighted by atomic mass is 10.1. The van der Waals surface area contributed by atoms with Crippen molar-refractivity contribution in [2.24, 2.45) is 0 Å². The first-order valence-electron chi connectivity index (χ1n) is 6.53. The molecule has 1 aliphatic rings. The van der Waals surface area contributed by atoms with Gasteiger partial charge in [0.25, 0.3) is 0 Å². The van der Waals surface area contributed by atoms with Crippen LogP contribution in [0.3, 0.4) is 0 Å². The average molecular weight is 298 g/mol. The maximum Gasteiger partial charge on any atom is 0.237 e. The van der Waals surface area contributed by atoms with Crippen molar-refractivity contribution < 1.29 is 9.59 Å². The van der Waals surface area contributed by atoms with Crippen LogP contribution in [0.4, 0.5) is 5.69 Å². The van der Waals surface area contributed by atoms with E-state index in [0.29, 0.717) is 6.54 Å². The Morgan fingerprint density at radius 1 is 1.40 bits per heavy atom. The Labute approximate surface area is 124 Å². The monoisotopic (exact) mass is 297 g/mol. The van der Waals surface area contributed by atoms with E-state index in [-0.39, 0.29) is 30.3 Å². The van der Waals surface area contributed by atoms with Crippen LogP contribution in [0, 0.1) is 0 Å². The third kappa shape index (κ3) is 4.83. The molecule has 1 unspecified atom stereocenters. The predicted octanol–water partition coefficient (Wildman–Crippen LogP) is 1.43. The maximum atomic E-state index is 11.8. The van der Waals surface area contributed by atoms with Gasteiger partial charge in [0.05, 0.1) is 6.04 Å². The van der Waals surface area contributed by atoms with E-state index in [1.165, 1.54) is 6.92 Å². The van der Waals surface area contributed by atoms with E-state index in [2.05, 4.69) is 16.0 Å². The zero-order valence-electron chi connectivity index (χ0n) is 11.4. The Morgan fingerprint density at radius 2 is 2.20 bits per heavy atom. The summed E-state index contributed by atoms with van der Waals surface area (Å²) in [6.45, 7) is 2.86. The smallest absolute Gasteiger partial charge is 0.237 e. The molecule has 1 saturated heterocycles. The van der Waals surface area contributed by atoms with Crippen LogP contribution in [0.25, 0.3) is 0 Å². The van der Waals surface area contributed by atoms with Crippen molar-refractivity contribution in [1.29, 1.82) is 0 Å². The van der Waals surface area contributed by atoms with Gasteiger partial charge in [-0.1, -0.05) is 12.1 Å². The molecule has 1 aliphatic heterocycles. The molecule has 2 rings (SSSR count). The van der Waals surface area contributed by atoms with Gasteiger partial charge in [-0.15, -0.1) is 12.4 Å². The van der Waals surface area contributed by atoms with Gasteiger partial charge >= 0.3 is 0 Å². The van der Waals surface area contributed by atoms with Gasteiger partial charge in [-0.2, -0.15) is 0 Å². The second-order valence-corrected chi connectivity index (χ2v) is 4.75. The van der Waals surface area contributed by atoms with E-state index >= 15 is 0 Å². The van der Waals surface area contributed by atoms with Gasteiger partial charge in [0.2, 0.25) is 11.8 Å². The number of halogens is 1. The zero-order valence-corrected chi connectivity index (χ0v) is 12.3. The first-order valence-corrected chi connectivity index (χ1v) is 6.53. The minimum atomic E-state index is -0.101. The third-order valence-electron chi connectivity index (χ3n) is 3.09. The molecule has 110 valence electrons. The van der Waals surface area contributed by atoms with Crippen molar-refractivity contribution in [3.8, 4) is 0 Å². The Bertz CT molecular complexity index is 473. The Morgan fingerprint density at radius 3 is 2.85 bits per heavy atom. The van der Waals surface area contributed by atoms with Gasteiger partial charge < -0.3 is 16.0 Å². The van der Waals surface area contributed by atoms with E-state index in [9.17, 15) is 9.59 Å². The number of rotatable bonds is 4. The molecule has 2 amide bonds. The minimum absolute atomic E-state index is 0. The Balaban J connectivity index is 0.00000200. The SMILES string of the molecule is CC(=O)Nc1cccc(CNC(=O)C2CCCN2)c1.Cl. The number of amides is 2. The lowest BCUT2D eigenvalue weighted by Gasteiger charge is -2.11. The van der Waals surface area contributed by atoms with Crippen LogP contribution in [0.5, 0.6) is 0 Å². The van der Waals surface area contributed by atoms with Crippen molar-refractivity contribution >= 4 is 29.9 Å². The summed E-state index contributed by atoms with van der Waals surface area (Å²) in [5.74, 6) is -0.0567. The van der Waals surface area contributed by atoms with Crippen LogP contribution in [-0.4, -0.2) is 24.4 Å². The number of benzene rings is 1. The second kappa shape index (κ2) is 7.87. The minimum Gasteiger partial charge on any atom is -0.351 e. The molecule has 0 radical (unpaired) electrons. The summed E-state index contributed by atoms with van der Waals surface area (Å²) in [5, 5.41) is 8.79. The van der Waals surface area contributed by atoms with Crippen LogP contribution in [0.1, 0.15) is 25.3 Å². The molecule has 0 spiro atoms. The second-order valence-electron chi connectivity index (χ2n) is 4.75. The molecule has 1 aromatic carbocycles. The highest BCUT2D eigenvalue weighted by Crippen LogP contribution is 2.11. The normalized spacial score (nSPS) is 17.1. The number of carbonyl (C=O) groups excluding carboxylic acids is 2. The van der Waals surface area contributed by atoms with Crippen molar-refractivity contribution in [3.05, 3.63) is 29.8 Å². The van der Waals surface area contributed by atoms with Gasteiger partial charge in [0.15, 0.2) is 0 Å². The largest absolute Gasteiger partial charge is 0.351 e. The van der Waals surface area contributed by atoms with Crippen LogP contribution in [-0.2, 0) is 16.1 Å². The van der Waals surface area contributed by atoms with E-state index in [0.717, 1.165) is 30.6 Å². The molecule has 1 aromatic rings. The maximum absolute atomic E-state index is 11.8. The van der Waals surface area contributed by atoms with Crippen LogP contribution in [0.2, 0.25) is 0 Å². The molecule has 0 bridgehead atoms. The van der Waals surface area contributed by atoms with Crippen LogP contribution >= 0.6 is 12.4 Å². The standard InChI is InChI=1S/C14H19N3O2.ClH/c1-10(18)17-12-5-2-4-11(8-12)9-16-14(19)13-6-3-7-15-13;/h2,4-5,8,13,15H,3,6-7,9H2,1H3,(H,16,19)(H,17,18);1H. The van der Waals surface area contributed by atoms with Crippen molar-refractivity contribution in [2.45, 2.75) is 32.4 Å². The van der Waals surface area contributed by atoms with Gasteiger partial charge in [0.1, 0.15) is 0 Å². The van der Waals surface area contributed by atoms with Crippen LogP contribution < -0.4 is 16.0 Å². The van der Waals surface area contributed by atoms with Crippen molar-refractivity contribution in [1.82, 2.24) is 10.6 Å². The molecule has 1 heterocycles. The number of anilines is 1. The Hall–Kier alpha value is -1.59. The zero-order chi connectivity index (χ0) is 13.7. The molecule has 1 fully saturated rings. The van der Waals surface area contributed by atoms with E-state index in [1.54, 1.807) is 0 Å². The molecule has 3 N–H and O–H groups in total. The van der Waals surface area contributed by atoms with Crippen molar-refractivity contribution in [3.63, 3.8) is 0 Å². The predicted molar refractivity (Wildman–Crippen MR) is 80.9 cm³/mol. The molecule has 5 nitrogen and oxygen atoms in total. The van der Waals surface area contributed by atoms with Crippen molar-refractivity contribution in [2.75, 3.05) is 11.9 Å². The fourth-order valence-corrected chi connectivity index (χ4v) is 2.18. The summed E-state index contributed by atoms with van der Waals surface area (Å²) in [6, 6.07) is 7.42. The number of carbonyl (C=O) groups is 2. The number of nitrogens with one attached hydrogen (secondary N) is 3. The molecule has 0 aliphatic carbocycles. The average Bonchev–Trinajstić information content (AvgIpc) is 2.89. The molecule has 20 heavy (non-hydrogen) atoms. The van der Waals surface area contributed by atoms with E-state index < -0.39 is 0 Å². The van der Waals surface area contributed by atoms with E-state index in [1.807, 2.05) is 24.3 Å². The van der Waals surface area contributed by atoms with Gasteiger partial charge in [-0.25, -0.2) is 0 Å². The molecule has 1 atom stereocenters. The molecule has 6 heteroatoms. The summed E-state index contributed by atoms with van der Waals surface area (Å²) in [7, 11) is 0. The third-order valence-corrected chi connectivity index (χ3v) is 3.09. The van der Waals surface area contributed by atoms with Gasteiger partial charge in [-0.3, -0.25) is 9.59 Å². The first-order chi connectivity index (χ1) is 9.15. The molecular weight excluding hydrogens is 278 g/mol. The van der Waals surface area contributed by atoms with E-state index in [4.69, 9.17) is 0 Å². The number of hydrogen-bond donors (Lipinski definition) is 3. The fourth-order valence-electron chi connectivity index (χ4n) is 2.18. The lowest BCUT2D eigenvalue weighted by molar-refractivity contribution is -0.123. The first kappa shape index (κ1) is 16.5. The topological polar surface area (TPSA) is 70.2 Å². The molecule has 0 saturated carbocycles. The van der Waals surface area contributed by atoms with Gasteiger partial charge in [0, 0.05) is 19.2 Å². The number of hydrogen-bond acceptors (Lipinski definition) is 3. The summed E-state index contributed by atoms with van der Waals surface area (Å²) < 4.78 is 0. The highest BCUT2D eigenvalue weighted by Gasteiger charge is 2.21. The summed E-state index contributed by atoms with van der Waals surface area (Å²) >= 11 is 0. The highest BCUT2D eigenvalue weighted by molar-refractivity contribution is 5.88. The highest BCUT2D eigenvalue weighted by atomic mass is 35.5. The molecular formula is C14H20ClN3O2. The summed E-state index contributed by atoms with van der Waals surface area (Å²) in [6.07, 6.45) is 1.95. The fraction of sp³-hybridized carbons (Fsp3) is 0.429. The quantitative estimate of drug-likeness (QED) is 0.787. The lowest BCUT2D eigenvalue weighted by Crippen LogP contribution is -2.39. The van der Waals surface area contributed by atoms with Crippen LogP contribution in [0.15, 0.2) is 24.3 Å².